The highest BCUT2D eigenvalue weighted by atomic mass is 32.2. The molecule has 1 aliphatic heterocycles. The summed E-state index contributed by atoms with van der Waals surface area (Å²) in [4.78, 5) is 26.2. The van der Waals surface area contributed by atoms with E-state index in [1.165, 1.54) is 53.0 Å². The standard InChI is InChI=1S/C22H28F2N4O5S2/c1-5-32-22(30)28-9-14(12-33-34-4)17(10-28)26-35(31)18-11-27(3)20(19(18)24)21(29)25-15-6-7-16(23)13(2)8-15/h6-8,11,14,17,26H,5,9-10,12H2,1-4H3,(H,25,29). The molecule has 192 valence electrons. The molecule has 1 saturated heterocycles. The zero-order valence-electron chi connectivity index (χ0n) is 19.8. The Hall–Kier alpha value is -2.48. The van der Waals surface area contributed by atoms with Crippen LogP contribution in [0.2, 0.25) is 0 Å². The number of benzene rings is 1. The van der Waals surface area contributed by atoms with Gasteiger partial charge in [0.15, 0.2) is 5.82 Å². The van der Waals surface area contributed by atoms with Crippen molar-refractivity contribution in [1.82, 2.24) is 14.2 Å². The van der Waals surface area contributed by atoms with Crippen LogP contribution in [-0.4, -0.2) is 64.3 Å². The van der Waals surface area contributed by atoms with Crippen LogP contribution in [0.15, 0.2) is 29.3 Å². The maximum Gasteiger partial charge on any atom is 0.409 e. The van der Waals surface area contributed by atoms with Gasteiger partial charge in [-0.05, 0) is 49.7 Å². The van der Waals surface area contributed by atoms with Gasteiger partial charge in [0.1, 0.15) is 27.4 Å². The van der Waals surface area contributed by atoms with Crippen LogP contribution in [0.1, 0.15) is 23.0 Å². The molecule has 0 aliphatic carbocycles. The average molecular weight is 531 g/mol. The molecule has 9 nitrogen and oxygen atoms in total. The van der Waals surface area contributed by atoms with Crippen LogP contribution in [0.5, 0.6) is 0 Å². The molecule has 2 N–H and O–H groups in total. The lowest BCUT2D eigenvalue weighted by Crippen LogP contribution is -2.39. The molecule has 1 aromatic heterocycles. The summed E-state index contributed by atoms with van der Waals surface area (Å²) in [5.74, 6) is -2.33. The predicted octanol–water partition coefficient (Wildman–Crippen LogP) is 3.23. The Morgan fingerprint density at radius 3 is 2.69 bits per heavy atom. The van der Waals surface area contributed by atoms with Crippen molar-refractivity contribution >= 4 is 40.7 Å². The van der Waals surface area contributed by atoms with Crippen LogP contribution in [0.4, 0.5) is 19.3 Å². The number of rotatable bonds is 9. The molecule has 1 fully saturated rings. The number of hydrogen-bond acceptors (Lipinski definition) is 6. The second-order valence-electron chi connectivity index (χ2n) is 7.99. The summed E-state index contributed by atoms with van der Waals surface area (Å²) in [6.07, 6.45) is 2.55. The molecule has 2 aromatic rings. The van der Waals surface area contributed by atoms with E-state index in [2.05, 4.69) is 10.0 Å². The molecule has 13 heteroatoms. The monoisotopic (exact) mass is 530 g/mol. The lowest BCUT2D eigenvalue weighted by atomic mass is 10.1. The van der Waals surface area contributed by atoms with E-state index in [9.17, 15) is 18.2 Å². The zero-order chi connectivity index (χ0) is 25.7. The number of carbonyl (C=O) groups excluding carboxylic acids is 2. The van der Waals surface area contributed by atoms with Crippen molar-refractivity contribution in [3.63, 3.8) is 0 Å². The van der Waals surface area contributed by atoms with E-state index in [1.54, 1.807) is 20.1 Å². The third-order valence-electron chi connectivity index (χ3n) is 5.54. The molecule has 0 saturated carbocycles. The summed E-state index contributed by atoms with van der Waals surface area (Å²) in [6, 6.07) is 3.55. The van der Waals surface area contributed by atoms with Gasteiger partial charge in [0.2, 0.25) is 0 Å². The van der Waals surface area contributed by atoms with E-state index >= 15 is 4.39 Å². The number of anilines is 1. The van der Waals surface area contributed by atoms with E-state index < -0.39 is 40.7 Å². The van der Waals surface area contributed by atoms with E-state index in [0.29, 0.717) is 17.8 Å². The summed E-state index contributed by atoms with van der Waals surface area (Å²) in [5.41, 5.74) is 0.311. The van der Waals surface area contributed by atoms with Crippen molar-refractivity contribution in [2.45, 2.75) is 24.8 Å². The van der Waals surface area contributed by atoms with E-state index in [1.807, 2.05) is 0 Å². The summed E-state index contributed by atoms with van der Waals surface area (Å²) in [7, 11) is -0.559. The normalized spacial score (nSPS) is 18.5. The second kappa shape index (κ2) is 12.0. The summed E-state index contributed by atoms with van der Waals surface area (Å²) >= 11 is 1.17. The molecule has 3 atom stereocenters. The highest BCUT2D eigenvalue weighted by Crippen LogP contribution is 2.24. The number of ether oxygens (including phenoxy) is 1. The van der Waals surface area contributed by atoms with Crippen LogP contribution < -0.4 is 10.0 Å². The highest BCUT2D eigenvalue weighted by molar-refractivity contribution is 7.93. The number of nitrogens with one attached hydrogen (secondary N) is 2. The Kier molecular flexibility index (Phi) is 9.27. The first-order valence-corrected chi connectivity index (χ1v) is 13.1. The van der Waals surface area contributed by atoms with Gasteiger partial charge in [0.25, 0.3) is 5.91 Å². The minimum atomic E-state index is -2.02. The first kappa shape index (κ1) is 27.1. The molecule has 0 radical (unpaired) electrons. The molecule has 1 aliphatic rings. The molecule has 1 aromatic carbocycles. The van der Waals surface area contributed by atoms with Crippen LogP contribution in [0.25, 0.3) is 0 Å². The lowest BCUT2D eigenvalue weighted by Gasteiger charge is -2.17. The minimum Gasteiger partial charge on any atom is -0.450 e. The first-order valence-electron chi connectivity index (χ1n) is 10.8. The van der Waals surface area contributed by atoms with Gasteiger partial charge in [-0.2, -0.15) is 0 Å². The molecule has 0 spiro atoms. The summed E-state index contributed by atoms with van der Waals surface area (Å²) in [5, 5.41) is 2.53. The number of likely N-dealkylation sites (tertiary alicyclic amines) is 1. The smallest absolute Gasteiger partial charge is 0.409 e. The lowest BCUT2D eigenvalue weighted by molar-refractivity contribution is 0.101. The second-order valence-corrected chi connectivity index (χ2v) is 9.78. The maximum atomic E-state index is 15.2. The Balaban J connectivity index is 1.75. The maximum absolute atomic E-state index is 15.2. The number of aryl methyl sites for hydroxylation is 2. The van der Waals surface area contributed by atoms with Crippen molar-refractivity contribution in [2.24, 2.45) is 13.0 Å². The van der Waals surface area contributed by atoms with Gasteiger partial charge >= 0.3 is 6.09 Å². The molecular formula is C22H28F2N4O5S2. The predicted molar refractivity (Wildman–Crippen MR) is 129 cm³/mol. The SMILES string of the molecule is CCOC(=O)N1CC(COSC)C(NS(=O)c2cn(C)c(C(=O)Nc3ccc(F)c(C)c3)c2F)C1. The number of aromatic nitrogens is 1. The molecule has 3 rings (SSSR count). The topological polar surface area (TPSA) is 102 Å². The average Bonchev–Trinajstić information content (AvgIpc) is 3.34. The molecule has 35 heavy (non-hydrogen) atoms. The fraction of sp³-hybridized carbons (Fsp3) is 0.455. The van der Waals surface area contributed by atoms with Gasteiger partial charge in [-0.15, -0.1) is 0 Å². The number of hydrogen-bond donors (Lipinski definition) is 2. The van der Waals surface area contributed by atoms with E-state index in [4.69, 9.17) is 8.92 Å². The summed E-state index contributed by atoms with van der Waals surface area (Å²) in [6.45, 7) is 4.30. The Bertz CT molecular complexity index is 1110. The van der Waals surface area contributed by atoms with Gasteiger partial charge in [-0.1, -0.05) is 0 Å². The van der Waals surface area contributed by atoms with Crippen molar-refractivity contribution in [2.75, 3.05) is 37.9 Å². The number of nitrogens with zero attached hydrogens (tertiary/aromatic N) is 2. The fourth-order valence-electron chi connectivity index (χ4n) is 3.76. The third kappa shape index (κ3) is 6.40. The number of carbonyl (C=O) groups is 2. The molecule has 2 amide bonds. The van der Waals surface area contributed by atoms with Crippen LogP contribution in [0.3, 0.4) is 0 Å². The highest BCUT2D eigenvalue weighted by Gasteiger charge is 2.38. The van der Waals surface area contributed by atoms with Crippen molar-refractivity contribution in [1.29, 1.82) is 0 Å². The van der Waals surface area contributed by atoms with Gasteiger partial charge in [-0.3, -0.25) is 4.79 Å². The van der Waals surface area contributed by atoms with Crippen LogP contribution in [0, 0.1) is 24.5 Å². The molecule has 2 heterocycles. The zero-order valence-corrected chi connectivity index (χ0v) is 21.4. The van der Waals surface area contributed by atoms with E-state index in [0.717, 1.165) is 0 Å². The molecule has 0 bridgehead atoms. The van der Waals surface area contributed by atoms with E-state index in [-0.39, 0.29) is 36.3 Å². The van der Waals surface area contributed by atoms with Crippen LogP contribution in [-0.2, 0) is 27.0 Å². The first-order chi connectivity index (χ1) is 16.7. The molecule has 3 unspecified atom stereocenters. The Labute approximate surface area is 209 Å². The minimum absolute atomic E-state index is 0.202. The van der Waals surface area contributed by atoms with Gasteiger partial charge in [-0.25, -0.2) is 22.5 Å². The largest absolute Gasteiger partial charge is 0.450 e. The van der Waals surface area contributed by atoms with Crippen LogP contribution >= 0.6 is 12.0 Å². The van der Waals surface area contributed by atoms with Crippen molar-refractivity contribution in [3.8, 4) is 0 Å². The van der Waals surface area contributed by atoms with Crippen molar-refractivity contribution < 1.29 is 31.5 Å². The number of amides is 2. The Morgan fingerprint density at radius 2 is 2.03 bits per heavy atom. The van der Waals surface area contributed by atoms with Crippen molar-refractivity contribution in [3.05, 3.63) is 47.3 Å². The quantitative estimate of drug-likeness (QED) is 0.483. The van der Waals surface area contributed by atoms with Gasteiger partial charge in [0, 0.05) is 50.2 Å². The Morgan fingerprint density at radius 1 is 1.29 bits per heavy atom. The van der Waals surface area contributed by atoms with Gasteiger partial charge in [0.05, 0.1) is 13.2 Å². The number of halogens is 2. The fourth-order valence-corrected chi connectivity index (χ4v) is 5.26. The third-order valence-corrected chi connectivity index (χ3v) is 7.12. The summed E-state index contributed by atoms with van der Waals surface area (Å²) < 4.78 is 56.4. The molecular weight excluding hydrogens is 502 g/mol. The van der Waals surface area contributed by atoms with Gasteiger partial charge < -0.3 is 23.7 Å².